The van der Waals surface area contributed by atoms with Crippen molar-refractivity contribution in [2.45, 2.75) is 19.3 Å². The molecular weight excluding hydrogens is 477 g/mol. The quantitative estimate of drug-likeness (QED) is 0.435. The first-order chi connectivity index (χ1) is 16.2. The first kappa shape index (κ1) is 23.0. The summed E-state index contributed by atoms with van der Waals surface area (Å²) in [6.07, 6.45) is 1.11. The molecule has 4 aromatic rings. The van der Waals surface area contributed by atoms with Crippen LogP contribution in [0.3, 0.4) is 0 Å². The maximum Gasteiger partial charge on any atom is 0.573 e. The molecule has 1 N–H and O–H groups in total. The normalized spacial score (nSPS) is 12.3. The number of carbonyl (C=O) groups is 1. The summed E-state index contributed by atoms with van der Waals surface area (Å²) >= 11 is 5.87. The highest BCUT2D eigenvalue weighted by Gasteiger charge is 2.31. The SMILES string of the molecule is CC(NC(=O)c1cc(Cl)cc(OC(F)(F)F)c1)c1nc(-c2ncccn2)nn1-c1ncccn1. The maximum absolute atomic E-state index is 12.8. The number of alkyl halides is 3. The number of carbonyl (C=O) groups excluding carboxylic acids is 1. The number of aromatic nitrogens is 7. The van der Waals surface area contributed by atoms with E-state index in [9.17, 15) is 18.0 Å². The zero-order valence-corrected chi connectivity index (χ0v) is 18.0. The van der Waals surface area contributed by atoms with Gasteiger partial charge in [-0.15, -0.1) is 18.3 Å². The molecule has 0 spiro atoms. The Hall–Kier alpha value is -4.13. The molecule has 34 heavy (non-hydrogen) atoms. The summed E-state index contributed by atoms with van der Waals surface area (Å²) in [6, 6.07) is 5.55. The number of ether oxygens (including phenoxy) is 1. The lowest BCUT2D eigenvalue weighted by Gasteiger charge is -2.15. The average Bonchev–Trinajstić information content (AvgIpc) is 3.24. The molecule has 10 nitrogen and oxygen atoms in total. The molecule has 3 aromatic heterocycles. The van der Waals surface area contributed by atoms with Crippen LogP contribution in [0.2, 0.25) is 5.02 Å². The van der Waals surface area contributed by atoms with Gasteiger partial charge in [0.1, 0.15) is 5.75 Å². The van der Waals surface area contributed by atoms with E-state index in [-0.39, 0.29) is 34.0 Å². The van der Waals surface area contributed by atoms with Gasteiger partial charge in [0, 0.05) is 35.4 Å². The molecule has 0 bridgehead atoms. The Kier molecular flexibility index (Phi) is 6.36. The Morgan fingerprint density at radius 3 is 2.32 bits per heavy atom. The van der Waals surface area contributed by atoms with E-state index in [4.69, 9.17) is 11.6 Å². The van der Waals surface area contributed by atoms with Crippen LogP contribution in [0.5, 0.6) is 5.75 Å². The lowest BCUT2D eigenvalue weighted by Crippen LogP contribution is -2.29. The fraction of sp³-hybridized carbons (Fsp3) is 0.150. The van der Waals surface area contributed by atoms with E-state index in [2.05, 4.69) is 40.1 Å². The zero-order chi connectivity index (χ0) is 24.3. The van der Waals surface area contributed by atoms with Crippen molar-refractivity contribution in [2.75, 3.05) is 0 Å². The second-order valence-corrected chi connectivity index (χ2v) is 7.18. The molecule has 1 atom stereocenters. The molecule has 0 aliphatic carbocycles. The van der Waals surface area contributed by atoms with Crippen LogP contribution in [0.25, 0.3) is 17.6 Å². The van der Waals surface area contributed by atoms with Gasteiger partial charge in [-0.05, 0) is 37.3 Å². The Labute approximate surface area is 194 Å². The van der Waals surface area contributed by atoms with Crippen LogP contribution in [0, 0.1) is 0 Å². The Morgan fingerprint density at radius 1 is 1.03 bits per heavy atom. The van der Waals surface area contributed by atoms with Crippen LogP contribution < -0.4 is 10.1 Å². The monoisotopic (exact) mass is 490 g/mol. The van der Waals surface area contributed by atoms with E-state index in [1.807, 2.05) is 0 Å². The topological polar surface area (TPSA) is 121 Å². The minimum Gasteiger partial charge on any atom is -0.406 e. The van der Waals surface area contributed by atoms with Crippen molar-refractivity contribution in [3.63, 3.8) is 0 Å². The first-order valence-corrected chi connectivity index (χ1v) is 9.96. The second kappa shape index (κ2) is 9.39. The fourth-order valence-corrected chi connectivity index (χ4v) is 3.12. The van der Waals surface area contributed by atoms with Crippen molar-refractivity contribution in [1.82, 2.24) is 40.0 Å². The Balaban J connectivity index is 1.65. The summed E-state index contributed by atoms with van der Waals surface area (Å²) in [5.74, 6) is -0.536. The molecule has 174 valence electrons. The van der Waals surface area contributed by atoms with Gasteiger partial charge < -0.3 is 10.1 Å². The molecule has 1 aromatic carbocycles. The van der Waals surface area contributed by atoms with Crippen LogP contribution >= 0.6 is 11.6 Å². The average molecular weight is 491 g/mol. The molecule has 0 saturated carbocycles. The maximum atomic E-state index is 12.8. The second-order valence-electron chi connectivity index (χ2n) is 6.75. The van der Waals surface area contributed by atoms with Gasteiger partial charge in [-0.1, -0.05) is 11.6 Å². The highest BCUT2D eigenvalue weighted by Crippen LogP contribution is 2.27. The number of rotatable bonds is 6. The van der Waals surface area contributed by atoms with Gasteiger partial charge in [0.25, 0.3) is 11.9 Å². The number of benzene rings is 1. The Bertz CT molecular complexity index is 1300. The minimum absolute atomic E-state index is 0.107. The molecular formula is C20H14ClF3N8O2. The number of nitrogens with zero attached hydrogens (tertiary/aromatic N) is 7. The largest absolute Gasteiger partial charge is 0.573 e. The zero-order valence-electron chi connectivity index (χ0n) is 17.2. The summed E-state index contributed by atoms with van der Waals surface area (Å²) in [5, 5.41) is 6.90. The first-order valence-electron chi connectivity index (χ1n) is 9.58. The molecule has 0 saturated heterocycles. The van der Waals surface area contributed by atoms with Crippen LogP contribution in [0.4, 0.5) is 13.2 Å². The van der Waals surface area contributed by atoms with E-state index in [0.29, 0.717) is 0 Å². The van der Waals surface area contributed by atoms with E-state index in [1.54, 1.807) is 19.1 Å². The van der Waals surface area contributed by atoms with Crippen LogP contribution in [-0.2, 0) is 0 Å². The lowest BCUT2D eigenvalue weighted by molar-refractivity contribution is -0.274. The molecule has 1 unspecified atom stereocenters. The molecule has 4 rings (SSSR count). The third kappa shape index (κ3) is 5.43. The number of hydrogen-bond donors (Lipinski definition) is 1. The van der Waals surface area contributed by atoms with Crippen LogP contribution in [0.1, 0.15) is 29.1 Å². The van der Waals surface area contributed by atoms with Gasteiger partial charge in [-0.25, -0.2) is 24.9 Å². The number of amides is 1. The van der Waals surface area contributed by atoms with Crippen LogP contribution in [0.15, 0.2) is 55.1 Å². The summed E-state index contributed by atoms with van der Waals surface area (Å²) in [5.41, 5.74) is -0.146. The van der Waals surface area contributed by atoms with Crippen molar-refractivity contribution < 1.29 is 22.7 Å². The van der Waals surface area contributed by atoms with E-state index < -0.39 is 24.1 Å². The van der Waals surface area contributed by atoms with E-state index in [0.717, 1.165) is 12.1 Å². The molecule has 0 aliphatic heterocycles. The summed E-state index contributed by atoms with van der Waals surface area (Å²) in [6.45, 7) is 1.61. The van der Waals surface area contributed by atoms with Gasteiger partial charge in [0.05, 0.1) is 6.04 Å². The lowest BCUT2D eigenvalue weighted by atomic mass is 10.2. The number of nitrogens with one attached hydrogen (secondary N) is 1. The highest BCUT2D eigenvalue weighted by atomic mass is 35.5. The highest BCUT2D eigenvalue weighted by molar-refractivity contribution is 6.31. The van der Waals surface area contributed by atoms with Crippen LogP contribution in [-0.4, -0.2) is 47.0 Å². The third-order valence-corrected chi connectivity index (χ3v) is 4.46. The predicted octanol–water partition coefficient (Wildman–Crippen LogP) is 3.56. The summed E-state index contributed by atoms with van der Waals surface area (Å²) in [7, 11) is 0. The molecule has 3 heterocycles. The van der Waals surface area contributed by atoms with E-state index >= 15 is 0 Å². The van der Waals surface area contributed by atoms with Crippen molar-refractivity contribution in [3.05, 3.63) is 71.5 Å². The number of hydrogen-bond acceptors (Lipinski definition) is 8. The number of halogens is 4. The van der Waals surface area contributed by atoms with Crippen molar-refractivity contribution in [3.8, 4) is 23.3 Å². The van der Waals surface area contributed by atoms with Gasteiger partial charge in [-0.3, -0.25) is 4.79 Å². The molecule has 0 fully saturated rings. The minimum atomic E-state index is -4.94. The predicted molar refractivity (Wildman–Crippen MR) is 112 cm³/mol. The molecule has 14 heteroatoms. The van der Waals surface area contributed by atoms with Gasteiger partial charge in [0.2, 0.25) is 5.82 Å². The molecule has 1 amide bonds. The third-order valence-electron chi connectivity index (χ3n) is 4.24. The van der Waals surface area contributed by atoms with Crippen molar-refractivity contribution >= 4 is 17.5 Å². The summed E-state index contributed by atoms with van der Waals surface area (Å²) < 4.78 is 42.9. The Morgan fingerprint density at radius 2 is 1.68 bits per heavy atom. The van der Waals surface area contributed by atoms with Crippen molar-refractivity contribution in [1.29, 1.82) is 0 Å². The smallest absolute Gasteiger partial charge is 0.406 e. The standard InChI is InChI=1S/C20H14ClF3N8O2/c1-11(29-18(33)12-8-13(21)10-14(9-12)34-20(22,23)24)17-30-16(15-25-4-2-5-26-15)31-32(17)19-27-6-3-7-28-19/h2-11H,1H3,(H,29,33). The van der Waals surface area contributed by atoms with E-state index in [1.165, 1.54) is 35.5 Å². The summed E-state index contributed by atoms with van der Waals surface area (Å²) in [4.78, 5) is 33.8. The molecule has 0 radical (unpaired) electrons. The van der Waals surface area contributed by atoms with Gasteiger partial charge >= 0.3 is 6.36 Å². The molecule has 0 aliphatic rings. The van der Waals surface area contributed by atoms with Gasteiger partial charge in [0.15, 0.2) is 11.6 Å². The fourth-order valence-electron chi connectivity index (χ4n) is 2.89. The van der Waals surface area contributed by atoms with Gasteiger partial charge in [-0.2, -0.15) is 4.68 Å². The van der Waals surface area contributed by atoms with Crippen molar-refractivity contribution in [2.24, 2.45) is 0 Å².